The third-order valence-corrected chi connectivity index (χ3v) is 8.64. The standard InChI is InChI=1S/C35H39N3O4/c1-23(31-9-4-5-22-36-31)42-30-20-14-26(15-21-30)35(39)32-33(24-10-16-28(40-2)17-11-24)37-38(27-7-6-8-27)34(32)25-12-18-29(41-3)19-13-25/h10-21,23,27,31,36H,4-9,22H2,1-3H3. The van der Waals surface area contributed by atoms with E-state index in [1.807, 2.05) is 72.8 Å². The van der Waals surface area contributed by atoms with Crippen molar-refractivity contribution in [1.82, 2.24) is 15.1 Å². The molecule has 1 saturated heterocycles. The number of ether oxygens (including phenoxy) is 3. The van der Waals surface area contributed by atoms with Crippen LogP contribution in [0.1, 0.15) is 67.4 Å². The molecule has 1 saturated carbocycles. The van der Waals surface area contributed by atoms with Gasteiger partial charge in [0.25, 0.3) is 0 Å². The lowest BCUT2D eigenvalue weighted by Crippen LogP contribution is -2.44. The number of hydrogen-bond donors (Lipinski definition) is 1. The number of methoxy groups -OCH3 is 2. The van der Waals surface area contributed by atoms with Crippen molar-refractivity contribution in [3.8, 4) is 39.8 Å². The van der Waals surface area contributed by atoms with E-state index in [4.69, 9.17) is 19.3 Å². The lowest BCUT2D eigenvalue weighted by molar-refractivity contribution is 0.103. The van der Waals surface area contributed by atoms with Gasteiger partial charge in [0.05, 0.1) is 31.5 Å². The van der Waals surface area contributed by atoms with E-state index in [-0.39, 0.29) is 17.9 Å². The first-order valence-corrected chi connectivity index (χ1v) is 15.0. The average molecular weight is 566 g/mol. The van der Waals surface area contributed by atoms with E-state index >= 15 is 0 Å². The molecule has 7 heteroatoms. The molecule has 2 atom stereocenters. The Hall–Kier alpha value is -4.10. The van der Waals surface area contributed by atoms with Crippen molar-refractivity contribution in [2.75, 3.05) is 20.8 Å². The zero-order chi connectivity index (χ0) is 29.1. The van der Waals surface area contributed by atoms with Gasteiger partial charge in [-0.1, -0.05) is 6.42 Å². The van der Waals surface area contributed by atoms with Crippen LogP contribution in [0, 0.1) is 0 Å². The zero-order valence-electron chi connectivity index (χ0n) is 24.6. The number of benzene rings is 3. The Bertz CT molecular complexity index is 1500. The molecule has 0 radical (unpaired) electrons. The molecule has 218 valence electrons. The number of nitrogens with one attached hydrogen (secondary N) is 1. The van der Waals surface area contributed by atoms with E-state index < -0.39 is 0 Å². The quantitative estimate of drug-likeness (QED) is 0.207. The Morgan fingerprint density at radius 3 is 1.98 bits per heavy atom. The molecule has 7 nitrogen and oxygen atoms in total. The number of carbonyl (C=O) groups is 1. The van der Waals surface area contributed by atoms with E-state index in [2.05, 4.69) is 16.9 Å². The summed E-state index contributed by atoms with van der Waals surface area (Å²) in [5, 5.41) is 8.69. The van der Waals surface area contributed by atoms with Gasteiger partial charge in [0.2, 0.25) is 0 Å². The van der Waals surface area contributed by atoms with Crippen LogP contribution in [0.5, 0.6) is 17.2 Å². The highest BCUT2D eigenvalue weighted by atomic mass is 16.5. The monoisotopic (exact) mass is 565 g/mol. The summed E-state index contributed by atoms with van der Waals surface area (Å²) in [7, 11) is 3.31. The van der Waals surface area contributed by atoms with Gasteiger partial charge < -0.3 is 19.5 Å². The number of aromatic nitrogens is 2. The predicted molar refractivity (Wildman–Crippen MR) is 165 cm³/mol. The molecule has 2 aliphatic rings. The summed E-state index contributed by atoms with van der Waals surface area (Å²) in [6.07, 6.45) is 6.85. The molecule has 2 heterocycles. The van der Waals surface area contributed by atoms with Gasteiger partial charge in [0.15, 0.2) is 5.78 Å². The maximum Gasteiger partial charge on any atom is 0.197 e. The Balaban J connectivity index is 1.40. The lowest BCUT2D eigenvalue weighted by atomic mass is 9.91. The van der Waals surface area contributed by atoms with E-state index in [0.717, 1.165) is 66.3 Å². The zero-order valence-corrected chi connectivity index (χ0v) is 24.6. The van der Waals surface area contributed by atoms with Crippen LogP contribution < -0.4 is 19.5 Å². The smallest absolute Gasteiger partial charge is 0.197 e. The average Bonchev–Trinajstić information content (AvgIpc) is 3.40. The molecule has 6 rings (SSSR count). The van der Waals surface area contributed by atoms with E-state index in [1.165, 1.54) is 12.8 Å². The Labute approximate surface area is 247 Å². The summed E-state index contributed by atoms with van der Waals surface area (Å²) >= 11 is 0. The minimum Gasteiger partial charge on any atom is -0.497 e. The van der Waals surface area contributed by atoms with Gasteiger partial charge in [-0.05, 0) is 118 Å². The van der Waals surface area contributed by atoms with Crippen molar-refractivity contribution in [1.29, 1.82) is 0 Å². The Morgan fingerprint density at radius 2 is 1.43 bits per heavy atom. The number of nitrogens with zero attached hydrogens (tertiary/aromatic N) is 2. The Morgan fingerprint density at radius 1 is 0.810 bits per heavy atom. The second-order valence-electron chi connectivity index (χ2n) is 11.3. The Kier molecular flexibility index (Phi) is 8.29. The summed E-state index contributed by atoms with van der Waals surface area (Å²) in [4.78, 5) is 14.5. The summed E-state index contributed by atoms with van der Waals surface area (Å²) in [5.74, 6) is 2.23. The summed E-state index contributed by atoms with van der Waals surface area (Å²) in [6, 6.07) is 23.8. The first kappa shape index (κ1) is 28.0. The first-order chi connectivity index (χ1) is 20.6. The van der Waals surface area contributed by atoms with E-state index in [1.54, 1.807) is 14.2 Å². The largest absolute Gasteiger partial charge is 0.497 e. The highest BCUT2D eigenvalue weighted by Gasteiger charge is 2.32. The van der Waals surface area contributed by atoms with Crippen molar-refractivity contribution in [3.63, 3.8) is 0 Å². The lowest BCUT2D eigenvalue weighted by Gasteiger charge is -2.29. The third kappa shape index (κ3) is 5.66. The van der Waals surface area contributed by atoms with Crippen LogP contribution in [0.15, 0.2) is 72.8 Å². The number of ketones is 1. The molecular formula is C35H39N3O4. The van der Waals surface area contributed by atoms with Gasteiger partial charge >= 0.3 is 0 Å². The highest BCUT2D eigenvalue weighted by Crippen LogP contribution is 2.41. The maximum atomic E-state index is 14.5. The van der Waals surface area contributed by atoms with Crippen LogP contribution in [-0.4, -0.2) is 48.5 Å². The van der Waals surface area contributed by atoms with Crippen LogP contribution in [0.4, 0.5) is 0 Å². The van der Waals surface area contributed by atoms with Gasteiger partial charge in [0, 0.05) is 22.7 Å². The van der Waals surface area contributed by atoms with E-state index in [0.29, 0.717) is 22.9 Å². The molecule has 42 heavy (non-hydrogen) atoms. The van der Waals surface area contributed by atoms with Crippen molar-refractivity contribution < 1.29 is 19.0 Å². The second kappa shape index (κ2) is 12.4. The van der Waals surface area contributed by atoms with Crippen LogP contribution >= 0.6 is 0 Å². The summed E-state index contributed by atoms with van der Waals surface area (Å²) < 4.78 is 19.2. The molecule has 1 aliphatic carbocycles. The molecule has 1 aromatic heterocycles. The molecule has 0 bridgehead atoms. The molecule has 2 unspecified atom stereocenters. The van der Waals surface area contributed by atoms with Gasteiger partial charge in [-0.25, -0.2) is 0 Å². The van der Waals surface area contributed by atoms with Gasteiger partial charge in [-0.3, -0.25) is 9.48 Å². The predicted octanol–water partition coefficient (Wildman–Crippen LogP) is 7.10. The summed E-state index contributed by atoms with van der Waals surface area (Å²) in [6.45, 7) is 3.15. The van der Waals surface area contributed by atoms with Crippen LogP contribution in [0.25, 0.3) is 22.5 Å². The maximum absolute atomic E-state index is 14.5. The van der Waals surface area contributed by atoms with Crippen LogP contribution in [0.2, 0.25) is 0 Å². The van der Waals surface area contributed by atoms with Gasteiger partial charge in [-0.2, -0.15) is 5.10 Å². The molecule has 2 fully saturated rings. The van der Waals surface area contributed by atoms with Gasteiger partial charge in [-0.15, -0.1) is 0 Å². The number of hydrogen-bond acceptors (Lipinski definition) is 6. The molecule has 1 aliphatic heterocycles. The van der Waals surface area contributed by atoms with Crippen molar-refractivity contribution in [3.05, 3.63) is 83.9 Å². The molecule has 0 amide bonds. The van der Waals surface area contributed by atoms with E-state index in [9.17, 15) is 4.79 Å². The molecule has 3 aromatic carbocycles. The topological polar surface area (TPSA) is 74.6 Å². The fourth-order valence-electron chi connectivity index (χ4n) is 5.93. The minimum atomic E-state index is -0.0641. The molecule has 1 N–H and O–H groups in total. The molecule has 0 spiro atoms. The summed E-state index contributed by atoms with van der Waals surface area (Å²) in [5.41, 5.74) is 4.54. The SMILES string of the molecule is COc1ccc(-c2nn(C3CCC3)c(-c3ccc(OC)cc3)c2C(=O)c2ccc(OC(C)C3CCCCN3)cc2)cc1. The fourth-order valence-corrected chi connectivity index (χ4v) is 5.93. The first-order valence-electron chi connectivity index (χ1n) is 15.0. The van der Waals surface area contributed by atoms with Crippen LogP contribution in [-0.2, 0) is 0 Å². The van der Waals surface area contributed by atoms with Crippen molar-refractivity contribution in [2.45, 2.75) is 63.6 Å². The van der Waals surface area contributed by atoms with Crippen LogP contribution in [0.3, 0.4) is 0 Å². The van der Waals surface area contributed by atoms with Crippen molar-refractivity contribution >= 4 is 5.78 Å². The number of rotatable bonds is 10. The molecular weight excluding hydrogens is 526 g/mol. The fraction of sp³-hybridized carbons (Fsp3) is 0.371. The highest BCUT2D eigenvalue weighted by molar-refractivity contribution is 6.16. The molecule has 4 aromatic rings. The van der Waals surface area contributed by atoms with Crippen molar-refractivity contribution in [2.24, 2.45) is 0 Å². The van der Waals surface area contributed by atoms with Gasteiger partial charge in [0.1, 0.15) is 29.0 Å². The third-order valence-electron chi connectivity index (χ3n) is 8.64. The number of carbonyl (C=O) groups excluding carboxylic acids is 1. The second-order valence-corrected chi connectivity index (χ2v) is 11.3. The normalized spacial score (nSPS) is 17.7. The minimum absolute atomic E-state index is 0.0518. The number of piperidine rings is 1.